The van der Waals surface area contributed by atoms with Crippen molar-refractivity contribution in [3.8, 4) is 0 Å². The average molecular weight is 250 g/mol. The van der Waals surface area contributed by atoms with Crippen molar-refractivity contribution in [1.82, 2.24) is 0 Å². The van der Waals surface area contributed by atoms with E-state index >= 15 is 0 Å². The van der Waals surface area contributed by atoms with Crippen LogP contribution in [-0.2, 0) is 9.53 Å². The van der Waals surface area contributed by atoms with Gasteiger partial charge in [-0.25, -0.2) is 0 Å². The van der Waals surface area contributed by atoms with E-state index in [1.54, 1.807) is 0 Å². The second kappa shape index (κ2) is 5.73. The molecular weight excluding hydrogens is 224 g/mol. The standard InChI is InChI=1S/C16H26O2/c1-11-7-8-12(2)16(5,6)15(11)10-9-13(3)18-14(4)17/h7,9-10,12-13,15H,8H2,1-6H3/t12-,13+,15+/m1/s1. The fraction of sp³-hybridized carbons (Fsp3) is 0.688. The third-order valence-corrected chi connectivity index (χ3v) is 4.28. The van der Waals surface area contributed by atoms with Crippen LogP contribution in [0.3, 0.4) is 0 Å². The van der Waals surface area contributed by atoms with E-state index in [0.717, 1.165) is 6.42 Å². The lowest BCUT2D eigenvalue weighted by molar-refractivity contribution is -0.143. The topological polar surface area (TPSA) is 26.3 Å². The van der Waals surface area contributed by atoms with E-state index in [1.165, 1.54) is 12.5 Å². The average Bonchev–Trinajstić information content (AvgIpc) is 2.22. The Kier molecular flexibility index (Phi) is 4.78. The Labute approximate surface area is 111 Å². The van der Waals surface area contributed by atoms with Gasteiger partial charge in [0, 0.05) is 12.8 Å². The molecule has 3 atom stereocenters. The third-order valence-electron chi connectivity index (χ3n) is 4.28. The summed E-state index contributed by atoms with van der Waals surface area (Å²) in [6.45, 7) is 12.5. The maximum atomic E-state index is 10.9. The van der Waals surface area contributed by atoms with Gasteiger partial charge in [0.05, 0.1) is 0 Å². The monoisotopic (exact) mass is 250 g/mol. The Morgan fingerprint density at radius 3 is 2.72 bits per heavy atom. The molecule has 0 unspecified atom stereocenters. The number of hydrogen-bond acceptors (Lipinski definition) is 2. The molecule has 1 aliphatic carbocycles. The second-order valence-corrected chi connectivity index (χ2v) is 6.08. The van der Waals surface area contributed by atoms with Gasteiger partial charge in [0.2, 0.25) is 0 Å². The summed E-state index contributed by atoms with van der Waals surface area (Å²) < 4.78 is 5.13. The van der Waals surface area contributed by atoms with Gasteiger partial charge in [0.15, 0.2) is 0 Å². The number of allylic oxidation sites excluding steroid dienone is 3. The molecule has 1 rings (SSSR count). The summed E-state index contributed by atoms with van der Waals surface area (Å²) in [7, 11) is 0. The second-order valence-electron chi connectivity index (χ2n) is 6.08. The lowest BCUT2D eigenvalue weighted by atomic mass is 9.63. The van der Waals surface area contributed by atoms with E-state index in [4.69, 9.17) is 4.74 Å². The van der Waals surface area contributed by atoms with E-state index in [0.29, 0.717) is 11.8 Å². The lowest BCUT2D eigenvalue weighted by Crippen LogP contribution is -2.33. The minimum atomic E-state index is -0.226. The third kappa shape index (κ3) is 3.47. The highest BCUT2D eigenvalue weighted by Gasteiger charge is 2.36. The van der Waals surface area contributed by atoms with Crippen LogP contribution in [0.25, 0.3) is 0 Å². The summed E-state index contributed by atoms with van der Waals surface area (Å²) in [5, 5.41) is 0. The summed E-state index contributed by atoms with van der Waals surface area (Å²) in [4.78, 5) is 10.9. The van der Waals surface area contributed by atoms with Crippen LogP contribution in [-0.4, -0.2) is 12.1 Å². The van der Waals surface area contributed by atoms with Crippen molar-refractivity contribution < 1.29 is 9.53 Å². The van der Waals surface area contributed by atoms with E-state index < -0.39 is 0 Å². The molecule has 0 bridgehead atoms. The van der Waals surface area contributed by atoms with Crippen LogP contribution < -0.4 is 0 Å². The Balaban J connectivity index is 2.80. The molecule has 0 amide bonds. The van der Waals surface area contributed by atoms with Gasteiger partial charge < -0.3 is 4.74 Å². The summed E-state index contributed by atoms with van der Waals surface area (Å²) >= 11 is 0. The number of esters is 1. The normalized spacial score (nSPS) is 28.9. The fourth-order valence-corrected chi connectivity index (χ4v) is 2.66. The Morgan fingerprint density at radius 2 is 2.17 bits per heavy atom. The molecule has 18 heavy (non-hydrogen) atoms. The van der Waals surface area contributed by atoms with Gasteiger partial charge in [-0.3, -0.25) is 4.79 Å². The molecule has 1 aliphatic rings. The van der Waals surface area contributed by atoms with Gasteiger partial charge in [-0.15, -0.1) is 0 Å². The highest BCUT2D eigenvalue weighted by molar-refractivity contribution is 5.66. The maximum Gasteiger partial charge on any atom is 0.303 e. The number of carbonyl (C=O) groups is 1. The summed E-state index contributed by atoms with van der Waals surface area (Å²) in [6.07, 6.45) is 7.55. The van der Waals surface area contributed by atoms with Crippen molar-refractivity contribution in [3.63, 3.8) is 0 Å². The zero-order valence-electron chi connectivity index (χ0n) is 12.5. The van der Waals surface area contributed by atoms with Gasteiger partial charge in [0.1, 0.15) is 6.10 Å². The molecule has 0 saturated carbocycles. The highest BCUT2D eigenvalue weighted by Crippen LogP contribution is 2.45. The van der Waals surface area contributed by atoms with Crippen molar-refractivity contribution in [2.45, 2.75) is 54.1 Å². The summed E-state index contributed by atoms with van der Waals surface area (Å²) in [5.74, 6) is 0.870. The van der Waals surface area contributed by atoms with Crippen LogP contribution in [0.1, 0.15) is 48.0 Å². The minimum Gasteiger partial charge on any atom is -0.459 e. The van der Waals surface area contributed by atoms with Gasteiger partial charge in [-0.2, -0.15) is 0 Å². The van der Waals surface area contributed by atoms with E-state index in [9.17, 15) is 4.79 Å². The maximum absolute atomic E-state index is 10.9. The van der Waals surface area contributed by atoms with Crippen molar-refractivity contribution in [1.29, 1.82) is 0 Å². The largest absolute Gasteiger partial charge is 0.459 e. The summed E-state index contributed by atoms with van der Waals surface area (Å²) in [5.41, 5.74) is 1.68. The Hall–Kier alpha value is -1.05. The predicted molar refractivity (Wildman–Crippen MR) is 75.2 cm³/mol. The molecule has 0 N–H and O–H groups in total. The lowest BCUT2D eigenvalue weighted by Gasteiger charge is -2.42. The molecule has 0 aromatic rings. The first kappa shape index (κ1) is 15.0. The van der Waals surface area contributed by atoms with Crippen LogP contribution in [0.4, 0.5) is 0 Å². The van der Waals surface area contributed by atoms with E-state index in [-0.39, 0.29) is 17.5 Å². The molecule has 0 aromatic heterocycles. The van der Waals surface area contributed by atoms with Crippen LogP contribution in [0.15, 0.2) is 23.8 Å². The number of hydrogen-bond donors (Lipinski definition) is 0. The predicted octanol–water partition coefficient (Wildman–Crippen LogP) is 4.12. The van der Waals surface area contributed by atoms with Crippen LogP contribution >= 0.6 is 0 Å². The van der Waals surface area contributed by atoms with Crippen molar-refractivity contribution in [3.05, 3.63) is 23.8 Å². The number of ether oxygens (including phenoxy) is 1. The van der Waals surface area contributed by atoms with Crippen molar-refractivity contribution in [2.24, 2.45) is 17.3 Å². The van der Waals surface area contributed by atoms with E-state index in [2.05, 4.69) is 39.8 Å². The SMILES string of the molecule is CC(=O)O[C@@H](C)C=C[C@H]1C(C)=CC[C@@H](C)C1(C)C. The first-order chi connectivity index (χ1) is 8.25. The zero-order valence-corrected chi connectivity index (χ0v) is 12.5. The fourth-order valence-electron chi connectivity index (χ4n) is 2.66. The quantitative estimate of drug-likeness (QED) is 0.556. The van der Waals surface area contributed by atoms with Gasteiger partial charge in [0.25, 0.3) is 0 Å². The van der Waals surface area contributed by atoms with Crippen LogP contribution in [0.5, 0.6) is 0 Å². The van der Waals surface area contributed by atoms with Crippen LogP contribution in [0.2, 0.25) is 0 Å². The van der Waals surface area contributed by atoms with Gasteiger partial charge in [-0.05, 0) is 37.7 Å². The van der Waals surface area contributed by atoms with Gasteiger partial charge >= 0.3 is 5.97 Å². The molecule has 0 aliphatic heterocycles. The molecule has 0 heterocycles. The number of carbonyl (C=O) groups excluding carboxylic acids is 1. The highest BCUT2D eigenvalue weighted by atomic mass is 16.5. The van der Waals surface area contributed by atoms with Crippen molar-refractivity contribution >= 4 is 5.97 Å². The smallest absolute Gasteiger partial charge is 0.303 e. The molecule has 0 fully saturated rings. The minimum absolute atomic E-state index is 0.150. The zero-order chi connectivity index (χ0) is 13.9. The molecule has 102 valence electrons. The van der Waals surface area contributed by atoms with E-state index in [1.807, 2.05) is 13.0 Å². The van der Waals surface area contributed by atoms with Crippen LogP contribution in [0, 0.1) is 17.3 Å². The van der Waals surface area contributed by atoms with Crippen molar-refractivity contribution in [2.75, 3.05) is 0 Å². The summed E-state index contributed by atoms with van der Waals surface area (Å²) in [6, 6.07) is 0. The Bertz CT molecular complexity index is 363. The molecule has 0 radical (unpaired) electrons. The van der Waals surface area contributed by atoms with Gasteiger partial charge in [-0.1, -0.05) is 38.5 Å². The molecule has 0 spiro atoms. The molecule has 2 heteroatoms. The molecule has 0 aromatic carbocycles. The first-order valence-electron chi connectivity index (χ1n) is 6.77. The Morgan fingerprint density at radius 1 is 1.56 bits per heavy atom. The molecular formula is C16H26O2. The first-order valence-corrected chi connectivity index (χ1v) is 6.77. The number of rotatable bonds is 3. The molecule has 2 nitrogen and oxygen atoms in total. The molecule has 0 saturated heterocycles.